The molecular weight excluding hydrogens is 246 g/mol. The van der Waals surface area contributed by atoms with Crippen molar-refractivity contribution in [1.29, 1.82) is 0 Å². The molecule has 20 heavy (non-hydrogen) atoms. The Bertz CT molecular complexity index is 569. The number of hydrogen-bond acceptors (Lipinski definition) is 2. The second kappa shape index (κ2) is 5.80. The topological polar surface area (TPSA) is 29.9 Å². The summed E-state index contributed by atoms with van der Waals surface area (Å²) in [6, 6.07) is 11.8. The van der Waals surface area contributed by atoms with Gasteiger partial charge in [0.05, 0.1) is 5.69 Å². The van der Waals surface area contributed by atoms with E-state index < -0.39 is 0 Å². The van der Waals surface area contributed by atoms with Crippen molar-refractivity contribution >= 4 is 0 Å². The molecule has 1 saturated carbocycles. The van der Waals surface area contributed by atoms with E-state index in [1.54, 1.807) is 0 Å². The number of rotatable bonds is 6. The van der Waals surface area contributed by atoms with E-state index in [4.69, 9.17) is 0 Å². The second-order valence-corrected chi connectivity index (χ2v) is 5.98. The first-order chi connectivity index (χ1) is 9.70. The van der Waals surface area contributed by atoms with Gasteiger partial charge < -0.3 is 5.32 Å². The van der Waals surface area contributed by atoms with E-state index in [-0.39, 0.29) is 0 Å². The van der Waals surface area contributed by atoms with Gasteiger partial charge in [-0.3, -0.25) is 4.68 Å². The van der Waals surface area contributed by atoms with Gasteiger partial charge in [-0.15, -0.1) is 0 Å². The number of benzene rings is 1. The molecule has 1 unspecified atom stereocenters. The Labute approximate surface area is 121 Å². The van der Waals surface area contributed by atoms with E-state index in [9.17, 15) is 0 Å². The third-order valence-electron chi connectivity index (χ3n) is 3.97. The lowest BCUT2D eigenvalue weighted by atomic mass is 9.93. The van der Waals surface area contributed by atoms with Crippen LogP contribution in [-0.2, 0) is 13.5 Å². The zero-order chi connectivity index (χ0) is 13.9. The van der Waals surface area contributed by atoms with E-state index in [0.29, 0.717) is 5.92 Å². The van der Waals surface area contributed by atoms with Gasteiger partial charge in [0.1, 0.15) is 0 Å². The van der Waals surface area contributed by atoms with E-state index in [0.717, 1.165) is 19.0 Å². The molecule has 1 atom stereocenters. The maximum Gasteiger partial charge on any atom is 0.0631 e. The minimum atomic E-state index is 0.505. The average Bonchev–Trinajstić information content (AvgIpc) is 3.17. The van der Waals surface area contributed by atoms with Crippen molar-refractivity contribution in [2.45, 2.75) is 38.1 Å². The predicted octanol–water partition coefficient (Wildman–Crippen LogP) is 2.81. The van der Waals surface area contributed by atoms with Gasteiger partial charge in [-0.2, -0.15) is 5.10 Å². The van der Waals surface area contributed by atoms with Crippen molar-refractivity contribution < 1.29 is 0 Å². The van der Waals surface area contributed by atoms with Crippen LogP contribution in [0.1, 0.15) is 35.6 Å². The molecule has 2 aromatic rings. The van der Waals surface area contributed by atoms with Gasteiger partial charge in [-0.05, 0) is 37.8 Å². The van der Waals surface area contributed by atoms with Crippen molar-refractivity contribution in [2.75, 3.05) is 6.54 Å². The quantitative estimate of drug-likeness (QED) is 0.874. The maximum atomic E-state index is 4.53. The molecule has 1 N–H and O–H groups in total. The second-order valence-electron chi connectivity index (χ2n) is 5.98. The molecule has 3 rings (SSSR count). The summed E-state index contributed by atoms with van der Waals surface area (Å²) in [5, 5.41) is 8.20. The van der Waals surface area contributed by atoms with Gasteiger partial charge in [0.15, 0.2) is 0 Å². The first kappa shape index (κ1) is 13.4. The maximum absolute atomic E-state index is 4.53. The Morgan fingerprint density at radius 3 is 2.85 bits per heavy atom. The Balaban J connectivity index is 1.74. The normalized spacial score (nSPS) is 16.3. The Morgan fingerprint density at radius 1 is 1.35 bits per heavy atom. The van der Waals surface area contributed by atoms with E-state index >= 15 is 0 Å². The van der Waals surface area contributed by atoms with Crippen molar-refractivity contribution in [2.24, 2.45) is 7.05 Å². The first-order valence-electron chi connectivity index (χ1n) is 7.49. The molecule has 106 valence electrons. The summed E-state index contributed by atoms with van der Waals surface area (Å²) in [5.41, 5.74) is 3.93. The first-order valence-corrected chi connectivity index (χ1v) is 7.49. The monoisotopic (exact) mass is 269 g/mol. The van der Waals surface area contributed by atoms with E-state index in [2.05, 4.69) is 47.7 Å². The fourth-order valence-corrected chi connectivity index (χ4v) is 2.65. The summed E-state index contributed by atoms with van der Waals surface area (Å²) in [6.45, 7) is 3.21. The van der Waals surface area contributed by atoms with Crippen LogP contribution in [0.4, 0.5) is 0 Å². The summed E-state index contributed by atoms with van der Waals surface area (Å²) in [4.78, 5) is 0. The number of nitrogens with one attached hydrogen (secondary N) is 1. The summed E-state index contributed by atoms with van der Waals surface area (Å²) in [6.07, 6.45) is 5.70. The molecule has 1 aliphatic rings. The van der Waals surface area contributed by atoms with Gasteiger partial charge in [-0.1, -0.05) is 29.8 Å². The summed E-state index contributed by atoms with van der Waals surface area (Å²) < 4.78 is 1.89. The largest absolute Gasteiger partial charge is 0.313 e. The third-order valence-corrected chi connectivity index (χ3v) is 3.97. The highest BCUT2D eigenvalue weighted by atomic mass is 15.2. The number of nitrogens with zero attached hydrogens (tertiary/aromatic N) is 2. The smallest absolute Gasteiger partial charge is 0.0631 e. The van der Waals surface area contributed by atoms with Crippen molar-refractivity contribution in [3.8, 4) is 0 Å². The fraction of sp³-hybridized carbons (Fsp3) is 0.471. The molecule has 3 heteroatoms. The van der Waals surface area contributed by atoms with Crippen molar-refractivity contribution in [3.05, 3.63) is 53.3 Å². The fourth-order valence-electron chi connectivity index (χ4n) is 2.65. The highest BCUT2D eigenvalue weighted by molar-refractivity contribution is 5.27. The van der Waals surface area contributed by atoms with Crippen molar-refractivity contribution in [1.82, 2.24) is 15.1 Å². The summed E-state index contributed by atoms with van der Waals surface area (Å²) in [7, 11) is 1.98. The van der Waals surface area contributed by atoms with Gasteiger partial charge in [0.2, 0.25) is 0 Å². The van der Waals surface area contributed by atoms with Gasteiger partial charge in [-0.25, -0.2) is 0 Å². The molecule has 0 spiro atoms. The van der Waals surface area contributed by atoms with E-state index in [1.165, 1.54) is 29.7 Å². The predicted molar refractivity (Wildman–Crippen MR) is 81.9 cm³/mol. The standard InChI is InChI=1S/C17H23N3/c1-13-4-3-5-14(10-13)15(12-18-16-6-7-16)11-17-8-9-20(2)19-17/h3-5,8-10,15-16,18H,6-7,11-12H2,1-2H3. The lowest BCUT2D eigenvalue weighted by Gasteiger charge is -2.18. The molecule has 1 fully saturated rings. The Kier molecular flexibility index (Phi) is 3.88. The summed E-state index contributed by atoms with van der Waals surface area (Å²) >= 11 is 0. The lowest BCUT2D eigenvalue weighted by molar-refractivity contribution is 0.568. The molecule has 0 aliphatic heterocycles. The minimum absolute atomic E-state index is 0.505. The zero-order valence-electron chi connectivity index (χ0n) is 12.3. The Hall–Kier alpha value is -1.61. The Morgan fingerprint density at radius 2 is 2.20 bits per heavy atom. The number of aryl methyl sites for hydroxylation is 2. The van der Waals surface area contributed by atoms with Gasteiger partial charge >= 0.3 is 0 Å². The minimum Gasteiger partial charge on any atom is -0.313 e. The van der Waals surface area contributed by atoms with Crippen molar-refractivity contribution in [3.63, 3.8) is 0 Å². The molecule has 1 aromatic carbocycles. The van der Waals surface area contributed by atoms with Crippen LogP contribution < -0.4 is 5.32 Å². The molecular formula is C17H23N3. The van der Waals surface area contributed by atoms with Crippen LogP contribution in [0.3, 0.4) is 0 Å². The molecule has 0 bridgehead atoms. The molecule has 3 nitrogen and oxygen atoms in total. The van der Waals surface area contributed by atoms with Crippen LogP contribution in [0.2, 0.25) is 0 Å². The number of aromatic nitrogens is 2. The molecule has 1 heterocycles. The summed E-state index contributed by atoms with van der Waals surface area (Å²) in [5.74, 6) is 0.505. The molecule has 0 radical (unpaired) electrons. The molecule has 0 saturated heterocycles. The van der Waals surface area contributed by atoms with Gasteiger partial charge in [0, 0.05) is 31.7 Å². The van der Waals surface area contributed by atoms with Crippen LogP contribution in [0.5, 0.6) is 0 Å². The van der Waals surface area contributed by atoms with Crippen LogP contribution in [0.25, 0.3) is 0 Å². The lowest BCUT2D eigenvalue weighted by Crippen LogP contribution is -2.25. The van der Waals surface area contributed by atoms with Crippen LogP contribution >= 0.6 is 0 Å². The van der Waals surface area contributed by atoms with Crippen LogP contribution in [0.15, 0.2) is 36.5 Å². The van der Waals surface area contributed by atoms with Crippen LogP contribution in [0, 0.1) is 6.92 Å². The number of hydrogen-bond donors (Lipinski definition) is 1. The van der Waals surface area contributed by atoms with Gasteiger partial charge in [0.25, 0.3) is 0 Å². The molecule has 1 aliphatic carbocycles. The van der Waals surface area contributed by atoms with E-state index in [1.807, 2.05) is 17.9 Å². The zero-order valence-corrected chi connectivity index (χ0v) is 12.3. The molecule has 0 amide bonds. The SMILES string of the molecule is Cc1cccc(C(CNC2CC2)Cc2ccn(C)n2)c1. The van der Waals surface area contributed by atoms with Crippen LogP contribution in [-0.4, -0.2) is 22.4 Å². The highest BCUT2D eigenvalue weighted by Crippen LogP contribution is 2.24. The molecule has 1 aromatic heterocycles. The highest BCUT2D eigenvalue weighted by Gasteiger charge is 2.23. The third kappa shape index (κ3) is 3.48. The average molecular weight is 269 g/mol.